The summed E-state index contributed by atoms with van der Waals surface area (Å²) in [5.41, 5.74) is 0. The summed E-state index contributed by atoms with van der Waals surface area (Å²) in [4.78, 5) is 11.7. The Morgan fingerprint density at radius 2 is 2.00 bits per heavy atom. The molecule has 0 aromatic carbocycles. The van der Waals surface area contributed by atoms with Crippen LogP contribution in [-0.2, 0) is 4.79 Å². The Labute approximate surface area is 84.8 Å². The summed E-state index contributed by atoms with van der Waals surface area (Å²) in [6.45, 7) is 3.87. The molecule has 1 amide bonds. The van der Waals surface area contributed by atoms with E-state index in [2.05, 4.69) is 16.0 Å². The van der Waals surface area contributed by atoms with Crippen LogP contribution in [0.25, 0.3) is 0 Å². The van der Waals surface area contributed by atoms with Crippen molar-refractivity contribution in [3.63, 3.8) is 0 Å². The summed E-state index contributed by atoms with van der Waals surface area (Å²) >= 11 is 0. The number of rotatable bonds is 2. The van der Waals surface area contributed by atoms with Crippen molar-refractivity contribution in [3.05, 3.63) is 0 Å². The Balaban J connectivity index is 1.75. The second-order valence-corrected chi connectivity index (χ2v) is 4.24. The average Bonchev–Trinajstić information content (AvgIpc) is 2.72. The van der Waals surface area contributed by atoms with Gasteiger partial charge in [-0.2, -0.15) is 0 Å². The van der Waals surface area contributed by atoms with Crippen LogP contribution in [0.3, 0.4) is 0 Å². The maximum atomic E-state index is 11.7. The zero-order valence-corrected chi connectivity index (χ0v) is 8.51. The standard InChI is InChI=1S/C10H19N3O/c14-10(8-3-5-12-6-8)13-9-2-1-4-11-7-9/h8-9,11-12H,1-7H2,(H,13,14). The molecule has 0 spiro atoms. The largest absolute Gasteiger partial charge is 0.352 e. The Morgan fingerprint density at radius 1 is 1.14 bits per heavy atom. The molecule has 0 aliphatic carbocycles. The maximum Gasteiger partial charge on any atom is 0.224 e. The second-order valence-electron chi connectivity index (χ2n) is 4.24. The van der Waals surface area contributed by atoms with Gasteiger partial charge in [-0.25, -0.2) is 0 Å². The molecule has 2 heterocycles. The first-order valence-corrected chi connectivity index (χ1v) is 5.58. The Hall–Kier alpha value is -0.610. The lowest BCUT2D eigenvalue weighted by molar-refractivity contribution is -0.125. The smallest absolute Gasteiger partial charge is 0.224 e. The van der Waals surface area contributed by atoms with Gasteiger partial charge in [-0.15, -0.1) is 0 Å². The van der Waals surface area contributed by atoms with Crippen molar-refractivity contribution in [3.8, 4) is 0 Å². The van der Waals surface area contributed by atoms with Crippen LogP contribution in [0, 0.1) is 5.92 Å². The average molecular weight is 197 g/mol. The Bertz CT molecular complexity index is 196. The van der Waals surface area contributed by atoms with Crippen molar-refractivity contribution in [2.75, 3.05) is 26.2 Å². The third-order valence-electron chi connectivity index (χ3n) is 3.07. The number of amides is 1. The molecule has 0 aromatic rings. The predicted molar refractivity (Wildman–Crippen MR) is 55.0 cm³/mol. The molecule has 4 heteroatoms. The molecule has 2 rings (SSSR count). The van der Waals surface area contributed by atoms with E-state index >= 15 is 0 Å². The van der Waals surface area contributed by atoms with Crippen LogP contribution in [0.1, 0.15) is 19.3 Å². The molecule has 14 heavy (non-hydrogen) atoms. The van der Waals surface area contributed by atoms with E-state index in [1.165, 1.54) is 6.42 Å². The van der Waals surface area contributed by atoms with Gasteiger partial charge in [0.1, 0.15) is 0 Å². The molecule has 80 valence electrons. The van der Waals surface area contributed by atoms with Gasteiger partial charge in [0.05, 0.1) is 5.92 Å². The lowest BCUT2D eigenvalue weighted by atomic mass is 10.0. The minimum atomic E-state index is 0.205. The van der Waals surface area contributed by atoms with Crippen LogP contribution < -0.4 is 16.0 Å². The number of carbonyl (C=O) groups is 1. The zero-order valence-electron chi connectivity index (χ0n) is 8.51. The van der Waals surface area contributed by atoms with Crippen LogP contribution in [0.5, 0.6) is 0 Å². The van der Waals surface area contributed by atoms with E-state index < -0.39 is 0 Å². The maximum absolute atomic E-state index is 11.7. The van der Waals surface area contributed by atoms with Crippen LogP contribution in [0.15, 0.2) is 0 Å². The van der Waals surface area contributed by atoms with Crippen molar-refractivity contribution in [1.82, 2.24) is 16.0 Å². The van der Waals surface area contributed by atoms with E-state index in [0.717, 1.165) is 39.0 Å². The molecule has 2 atom stereocenters. The van der Waals surface area contributed by atoms with E-state index in [-0.39, 0.29) is 11.8 Å². The first-order chi connectivity index (χ1) is 6.86. The Kier molecular flexibility index (Phi) is 3.37. The van der Waals surface area contributed by atoms with Gasteiger partial charge in [0.15, 0.2) is 0 Å². The minimum absolute atomic E-state index is 0.205. The summed E-state index contributed by atoms with van der Waals surface area (Å²) in [7, 11) is 0. The fourth-order valence-corrected chi connectivity index (χ4v) is 2.17. The predicted octanol–water partition coefficient (Wildman–Crippen LogP) is -0.536. The van der Waals surface area contributed by atoms with E-state index in [0.29, 0.717) is 6.04 Å². The quantitative estimate of drug-likeness (QED) is 0.557. The fourth-order valence-electron chi connectivity index (χ4n) is 2.17. The van der Waals surface area contributed by atoms with Crippen molar-refractivity contribution in [2.24, 2.45) is 5.92 Å². The molecular weight excluding hydrogens is 178 g/mol. The molecule has 0 bridgehead atoms. The van der Waals surface area contributed by atoms with Crippen LogP contribution >= 0.6 is 0 Å². The summed E-state index contributed by atoms with van der Waals surface area (Å²) in [6.07, 6.45) is 3.29. The van der Waals surface area contributed by atoms with Crippen molar-refractivity contribution < 1.29 is 4.79 Å². The normalized spacial score (nSPS) is 32.9. The second kappa shape index (κ2) is 4.75. The van der Waals surface area contributed by atoms with Gasteiger partial charge in [0.25, 0.3) is 0 Å². The van der Waals surface area contributed by atoms with Crippen molar-refractivity contribution in [2.45, 2.75) is 25.3 Å². The topological polar surface area (TPSA) is 53.2 Å². The molecule has 2 saturated heterocycles. The molecular formula is C10H19N3O. The van der Waals surface area contributed by atoms with Gasteiger partial charge in [0, 0.05) is 19.1 Å². The SMILES string of the molecule is O=C(NC1CCCNC1)C1CCNC1. The number of nitrogens with one attached hydrogen (secondary N) is 3. The first kappa shape index (κ1) is 9.93. The van der Waals surface area contributed by atoms with Gasteiger partial charge >= 0.3 is 0 Å². The molecule has 2 unspecified atom stereocenters. The highest BCUT2D eigenvalue weighted by Crippen LogP contribution is 2.09. The molecule has 2 aliphatic heterocycles. The fraction of sp³-hybridized carbons (Fsp3) is 0.900. The van der Waals surface area contributed by atoms with E-state index in [4.69, 9.17) is 0 Å². The van der Waals surface area contributed by atoms with E-state index in [1.54, 1.807) is 0 Å². The lowest BCUT2D eigenvalue weighted by Gasteiger charge is -2.25. The first-order valence-electron chi connectivity index (χ1n) is 5.58. The Morgan fingerprint density at radius 3 is 2.64 bits per heavy atom. The number of hydrogen-bond donors (Lipinski definition) is 3. The summed E-state index contributed by atoms with van der Waals surface area (Å²) in [5.74, 6) is 0.445. The highest BCUT2D eigenvalue weighted by atomic mass is 16.2. The van der Waals surface area contributed by atoms with Gasteiger partial charge < -0.3 is 16.0 Å². The molecule has 0 aromatic heterocycles. The zero-order chi connectivity index (χ0) is 9.80. The van der Waals surface area contributed by atoms with Gasteiger partial charge in [-0.05, 0) is 32.4 Å². The third kappa shape index (κ3) is 2.45. The van der Waals surface area contributed by atoms with Crippen LogP contribution in [0.2, 0.25) is 0 Å². The minimum Gasteiger partial charge on any atom is -0.352 e. The molecule has 4 nitrogen and oxygen atoms in total. The monoisotopic (exact) mass is 197 g/mol. The molecule has 0 radical (unpaired) electrons. The van der Waals surface area contributed by atoms with Gasteiger partial charge in [-0.1, -0.05) is 0 Å². The summed E-state index contributed by atoms with van der Waals surface area (Å²) < 4.78 is 0. The van der Waals surface area contributed by atoms with Crippen LogP contribution in [0.4, 0.5) is 0 Å². The molecule has 0 saturated carbocycles. The van der Waals surface area contributed by atoms with Crippen molar-refractivity contribution >= 4 is 5.91 Å². The molecule has 2 fully saturated rings. The van der Waals surface area contributed by atoms with Gasteiger partial charge in [0.2, 0.25) is 5.91 Å². The summed E-state index contributed by atoms with van der Waals surface area (Å²) in [6, 6.07) is 0.358. The lowest BCUT2D eigenvalue weighted by Crippen LogP contribution is -2.47. The van der Waals surface area contributed by atoms with E-state index in [9.17, 15) is 4.79 Å². The molecule has 3 N–H and O–H groups in total. The van der Waals surface area contributed by atoms with Gasteiger partial charge in [-0.3, -0.25) is 4.79 Å². The number of hydrogen-bond acceptors (Lipinski definition) is 3. The highest BCUT2D eigenvalue weighted by molar-refractivity contribution is 5.79. The van der Waals surface area contributed by atoms with Crippen molar-refractivity contribution in [1.29, 1.82) is 0 Å². The highest BCUT2D eigenvalue weighted by Gasteiger charge is 2.24. The number of piperidine rings is 1. The summed E-state index contributed by atoms with van der Waals surface area (Å²) in [5, 5.41) is 9.63. The van der Waals surface area contributed by atoms with E-state index in [1.807, 2.05) is 0 Å². The number of carbonyl (C=O) groups excluding carboxylic acids is 1. The van der Waals surface area contributed by atoms with Crippen LogP contribution in [-0.4, -0.2) is 38.1 Å². The molecule has 2 aliphatic rings. The third-order valence-corrected chi connectivity index (χ3v) is 3.07.